The van der Waals surface area contributed by atoms with Crippen LogP contribution in [0.1, 0.15) is 0 Å². The summed E-state index contributed by atoms with van der Waals surface area (Å²) in [5.41, 5.74) is 6.80. The van der Waals surface area contributed by atoms with Crippen molar-refractivity contribution in [2.75, 3.05) is 35.2 Å². The maximum absolute atomic E-state index is 11.4. The second-order valence-corrected chi connectivity index (χ2v) is 6.14. The Kier molecular flexibility index (Phi) is 3.19. The van der Waals surface area contributed by atoms with Gasteiger partial charge in [0.15, 0.2) is 11.6 Å². The highest BCUT2D eigenvalue weighted by molar-refractivity contribution is 7.85. The molecule has 19 heavy (non-hydrogen) atoms. The van der Waals surface area contributed by atoms with Crippen molar-refractivity contribution in [1.29, 1.82) is 0 Å². The first kappa shape index (κ1) is 12.5. The Morgan fingerprint density at radius 2 is 1.95 bits per heavy atom. The Morgan fingerprint density at radius 1 is 1.21 bits per heavy atom. The number of nitrogens with two attached hydrogens (primary N) is 1. The molecule has 0 radical (unpaired) electrons. The van der Waals surface area contributed by atoms with Crippen molar-refractivity contribution < 1.29 is 4.21 Å². The van der Waals surface area contributed by atoms with E-state index in [1.807, 2.05) is 4.90 Å². The second-order valence-electron chi connectivity index (χ2n) is 4.11. The number of nitrogens with zero attached hydrogens (tertiary/aromatic N) is 5. The monoisotopic (exact) mass is 298 g/mol. The molecule has 0 bridgehead atoms. The van der Waals surface area contributed by atoms with Crippen LogP contribution in [-0.4, -0.2) is 48.7 Å². The molecular formula is C10H11ClN6OS. The van der Waals surface area contributed by atoms with Gasteiger partial charge in [0.05, 0.1) is 0 Å². The number of nitrogen functional groups attached to an aromatic ring is 1. The summed E-state index contributed by atoms with van der Waals surface area (Å²) >= 11 is 5.92. The van der Waals surface area contributed by atoms with Crippen LogP contribution in [0.25, 0.3) is 11.0 Å². The van der Waals surface area contributed by atoms with Gasteiger partial charge in [0.1, 0.15) is 17.4 Å². The van der Waals surface area contributed by atoms with E-state index in [1.54, 1.807) is 0 Å². The summed E-state index contributed by atoms with van der Waals surface area (Å²) in [6.45, 7) is 1.30. The van der Waals surface area contributed by atoms with E-state index in [1.165, 1.54) is 6.33 Å². The van der Waals surface area contributed by atoms with Crippen LogP contribution in [-0.2, 0) is 10.8 Å². The lowest BCUT2D eigenvalue weighted by atomic mass is 10.3. The lowest BCUT2D eigenvalue weighted by molar-refractivity contribution is 0.672. The third-order valence-electron chi connectivity index (χ3n) is 2.94. The number of hydrogen-bond donors (Lipinski definition) is 1. The highest BCUT2D eigenvalue weighted by Crippen LogP contribution is 2.26. The largest absolute Gasteiger partial charge is 0.382 e. The van der Waals surface area contributed by atoms with Crippen LogP contribution in [0.4, 0.5) is 11.6 Å². The molecule has 1 saturated heterocycles. The lowest BCUT2D eigenvalue weighted by Crippen LogP contribution is -2.38. The van der Waals surface area contributed by atoms with Gasteiger partial charge in [0.2, 0.25) is 5.28 Å². The Morgan fingerprint density at radius 3 is 2.68 bits per heavy atom. The Bertz CT molecular complexity index is 656. The first-order valence-electron chi connectivity index (χ1n) is 5.69. The lowest BCUT2D eigenvalue weighted by Gasteiger charge is -2.27. The van der Waals surface area contributed by atoms with Crippen LogP contribution < -0.4 is 10.6 Å². The molecule has 2 N–H and O–H groups in total. The topological polar surface area (TPSA) is 97.9 Å². The molecule has 1 aliphatic rings. The van der Waals surface area contributed by atoms with Gasteiger partial charge in [-0.25, -0.2) is 15.0 Å². The van der Waals surface area contributed by atoms with Gasteiger partial charge in [-0.15, -0.1) is 0 Å². The van der Waals surface area contributed by atoms with Crippen LogP contribution >= 0.6 is 11.6 Å². The van der Waals surface area contributed by atoms with E-state index in [0.717, 1.165) is 0 Å². The second kappa shape index (κ2) is 4.86. The van der Waals surface area contributed by atoms with Gasteiger partial charge in [-0.2, -0.15) is 4.98 Å². The molecule has 100 valence electrons. The smallest absolute Gasteiger partial charge is 0.225 e. The van der Waals surface area contributed by atoms with Crippen molar-refractivity contribution in [3.8, 4) is 0 Å². The standard InChI is InChI=1S/C10H11ClN6OS/c11-10-15-6-7(13-5-14-8(6)12)9(16-10)17-1-3-19(18)4-2-17/h5H,1-4H2,(H2,12,13,14). The summed E-state index contributed by atoms with van der Waals surface area (Å²) in [6.07, 6.45) is 1.38. The maximum Gasteiger partial charge on any atom is 0.225 e. The maximum atomic E-state index is 11.4. The molecule has 0 aromatic carbocycles. The molecule has 0 unspecified atom stereocenters. The minimum atomic E-state index is -0.754. The molecule has 3 rings (SSSR count). The fourth-order valence-corrected chi connectivity index (χ4v) is 3.21. The fraction of sp³-hybridized carbons (Fsp3) is 0.400. The van der Waals surface area contributed by atoms with Gasteiger partial charge >= 0.3 is 0 Å². The van der Waals surface area contributed by atoms with E-state index in [2.05, 4.69) is 19.9 Å². The van der Waals surface area contributed by atoms with Crippen molar-refractivity contribution in [1.82, 2.24) is 19.9 Å². The number of hydrogen-bond acceptors (Lipinski definition) is 7. The van der Waals surface area contributed by atoms with E-state index < -0.39 is 10.8 Å². The minimum Gasteiger partial charge on any atom is -0.382 e. The average molecular weight is 299 g/mol. The van der Waals surface area contributed by atoms with E-state index in [-0.39, 0.29) is 11.1 Å². The summed E-state index contributed by atoms with van der Waals surface area (Å²) in [4.78, 5) is 18.4. The van der Waals surface area contributed by atoms with Gasteiger partial charge in [-0.3, -0.25) is 4.21 Å². The third kappa shape index (κ3) is 2.33. The van der Waals surface area contributed by atoms with Crippen LogP contribution in [0.5, 0.6) is 0 Å². The molecule has 7 nitrogen and oxygen atoms in total. The molecule has 3 heterocycles. The van der Waals surface area contributed by atoms with Crippen LogP contribution in [0.2, 0.25) is 5.28 Å². The number of fused-ring (bicyclic) bond motifs is 1. The van der Waals surface area contributed by atoms with Gasteiger partial charge in [0, 0.05) is 35.4 Å². The molecule has 2 aromatic rings. The summed E-state index contributed by atoms with van der Waals surface area (Å²) in [7, 11) is -0.754. The van der Waals surface area contributed by atoms with Gasteiger partial charge in [-0.05, 0) is 11.6 Å². The van der Waals surface area contributed by atoms with Crippen molar-refractivity contribution in [3.63, 3.8) is 0 Å². The van der Waals surface area contributed by atoms with Gasteiger partial charge in [-0.1, -0.05) is 0 Å². The number of rotatable bonds is 1. The summed E-state index contributed by atoms with van der Waals surface area (Å²) in [5, 5.41) is 0.107. The highest BCUT2D eigenvalue weighted by atomic mass is 35.5. The SMILES string of the molecule is Nc1ncnc2c(N3CCS(=O)CC3)nc(Cl)nc12. The number of aromatic nitrogens is 4. The number of anilines is 2. The summed E-state index contributed by atoms with van der Waals surface area (Å²) < 4.78 is 11.4. The zero-order valence-electron chi connectivity index (χ0n) is 9.91. The van der Waals surface area contributed by atoms with Crippen LogP contribution in [0.15, 0.2) is 6.33 Å². The molecule has 0 atom stereocenters. The van der Waals surface area contributed by atoms with E-state index >= 15 is 0 Å². The van der Waals surface area contributed by atoms with Crippen LogP contribution in [0.3, 0.4) is 0 Å². The molecule has 0 aliphatic carbocycles. The van der Waals surface area contributed by atoms with Crippen molar-refractivity contribution >= 4 is 45.1 Å². The van der Waals surface area contributed by atoms with Crippen molar-refractivity contribution in [2.45, 2.75) is 0 Å². The minimum absolute atomic E-state index is 0.107. The Balaban J connectivity index is 2.12. The van der Waals surface area contributed by atoms with Crippen molar-refractivity contribution in [2.24, 2.45) is 0 Å². The molecule has 2 aromatic heterocycles. The average Bonchev–Trinajstić information content (AvgIpc) is 2.40. The predicted octanol–water partition coefficient (Wildman–Crippen LogP) is 0.224. The Labute approximate surface area is 116 Å². The van der Waals surface area contributed by atoms with Crippen molar-refractivity contribution in [3.05, 3.63) is 11.6 Å². The molecule has 1 aliphatic heterocycles. The highest BCUT2D eigenvalue weighted by Gasteiger charge is 2.21. The quantitative estimate of drug-likeness (QED) is 0.752. The third-order valence-corrected chi connectivity index (χ3v) is 4.39. The van der Waals surface area contributed by atoms with Gasteiger partial charge < -0.3 is 10.6 Å². The first-order valence-corrected chi connectivity index (χ1v) is 7.55. The van der Waals surface area contributed by atoms with E-state index in [4.69, 9.17) is 17.3 Å². The zero-order valence-corrected chi connectivity index (χ0v) is 11.5. The fourth-order valence-electron chi connectivity index (χ4n) is 1.99. The molecule has 1 fully saturated rings. The van der Waals surface area contributed by atoms with Crippen LogP contribution in [0, 0.1) is 0 Å². The summed E-state index contributed by atoms with van der Waals surface area (Å²) in [5.74, 6) is 2.13. The molecule has 0 saturated carbocycles. The molecule has 9 heteroatoms. The first-order chi connectivity index (χ1) is 9.15. The predicted molar refractivity (Wildman–Crippen MR) is 74.6 cm³/mol. The molecular weight excluding hydrogens is 288 g/mol. The summed E-state index contributed by atoms with van der Waals surface area (Å²) in [6, 6.07) is 0. The Hall–Kier alpha value is -1.54. The zero-order chi connectivity index (χ0) is 13.4. The number of halogens is 1. The van der Waals surface area contributed by atoms with Gasteiger partial charge in [0.25, 0.3) is 0 Å². The van der Waals surface area contributed by atoms with E-state index in [9.17, 15) is 4.21 Å². The molecule has 0 amide bonds. The normalized spacial score (nSPS) is 17.0. The van der Waals surface area contributed by atoms with E-state index in [0.29, 0.717) is 41.4 Å². The molecule has 0 spiro atoms.